The minimum Gasteiger partial charge on any atom is -0.390 e. The SMILES string of the molecule is CC[Si](O)(O)O.CC[Si](O)(O)O.[Mn]. The third kappa shape index (κ3) is 32.4. The minimum atomic E-state index is -3.63. The normalized spacial score (nSPS) is 11.1. The molecule has 13 heavy (non-hydrogen) atoms. The molecule has 83 valence electrons. The van der Waals surface area contributed by atoms with Gasteiger partial charge in [0.25, 0.3) is 0 Å². The predicted molar refractivity (Wildman–Crippen MR) is 45.8 cm³/mol. The Bertz CT molecular complexity index is 96.2. The molecule has 0 rings (SSSR count). The molecule has 0 heterocycles. The molecule has 0 aromatic carbocycles. The van der Waals surface area contributed by atoms with Crippen molar-refractivity contribution in [1.82, 2.24) is 0 Å². The molecule has 0 saturated carbocycles. The van der Waals surface area contributed by atoms with Crippen molar-refractivity contribution in [3.8, 4) is 0 Å². The van der Waals surface area contributed by atoms with Crippen LogP contribution in [0.5, 0.6) is 0 Å². The summed E-state index contributed by atoms with van der Waals surface area (Å²) < 4.78 is 0. The van der Waals surface area contributed by atoms with Crippen molar-refractivity contribution >= 4 is 17.6 Å². The molecule has 0 aromatic rings. The van der Waals surface area contributed by atoms with E-state index in [1.54, 1.807) is 0 Å². The van der Waals surface area contributed by atoms with Crippen LogP contribution < -0.4 is 0 Å². The van der Waals surface area contributed by atoms with Gasteiger partial charge in [0, 0.05) is 29.2 Å². The smallest absolute Gasteiger partial charge is 0.390 e. The van der Waals surface area contributed by atoms with E-state index < -0.39 is 17.6 Å². The summed E-state index contributed by atoms with van der Waals surface area (Å²) in [5, 5.41) is 0. The maximum atomic E-state index is 8.08. The summed E-state index contributed by atoms with van der Waals surface area (Å²) in [5.74, 6) is 0. The standard InChI is InChI=1S/2C2H8O3Si.Mn/c2*1-2-6(3,4)5;/h2*3-5H,2H2,1H3;. The van der Waals surface area contributed by atoms with Crippen molar-refractivity contribution in [2.24, 2.45) is 0 Å². The zero-order valence-corrected chi connectivity index (χ0v) is 10.7. The minimum absolute atomic E-state index is 0. The first-order valence-corrected chi connectivity index (χ1v) is 7.56. The molecule has 6 N–H and O–H groups in total. The van der Waals surface area contributed by atoms with Gasteiger partial charge in [-0.15, -0.1) is 0 Å². The Kier molecular flexibility index (Phi) is 12.0. The van der Waals surface area contributed by atoms with Crippen molar-refractivity contribution in [2.75, 3.05) is 0 Å². The van der Waals surface area contributed by atoms with Gasteiger partial charge in [0.15, 0.2) is 0 Å². The van der Waals surface area contributed by atoms with Crippen molar-refractivity contribution in [3.63, 3.8) is 0 Å². The molecule has 9 heteroatoms. The Morgan fingerprint density at radius 1 is 0.692 bits per heavy atom. The van der Waals surface area contributed by atoms with Crippen LogP contribution in [0, 0.1) is 0 Å². The summed E-state index contributed by atoms with van der Waals surface area (Å²) in [6.07, 6.45) is 0. The van der Waals surface area contributed by atoms with Gasteiger partial charge in [-0.1, -0.05) is 13.8 Å². The molecule has 0 unspecified atom stereocenters. The summed E-state index contributed by atoms with van der Waals surface area (Å²) in [6.45, 7) is 3.04. The molecule has 0 spiro atoms. The van der Waals surface area contributed by atoms with Gasteiger partial charge in [-0.25, -0.2) is 0 Å². The van der Waals surface area contributed by atoms with E-state index in [2.05, 4.69) is 0 Å². The molecular formula is C4H16MnO6Si2. The van der Waals surface area contributed by atoms with Gasteiger partial charge in [0.1, 0.15) is 0 Å². The molecule has 6 nitrogen and oxygen atoms in total. The van der Waals surface area contributed by atoms with Gasteiger partial charge < -0.3 is 28.8 Å². The van der Waals surface area contributed by atoms with Crippen molar-refractivity contribution in [2.45, 2.75) is 25.9 Å². The predicted octanol–water partition coefficient (Wildman–Crippen LogP) is -2.16. The van der Waals surface area contributed by atoms with Crippen LogP contribution in [0.3, 0.4) is 0 Å². The van der Waals surface area contributed by atoms with E-state index in [1.807, 2.05) is 0 Å². The van der Waals surface area contributed by atoms with Crippen LogP contribution in [0.25, 0.3) is 0 Å². The molecule has 1 radical (unpaired) electrons. The van der Waals surface area contributed by atoms with E-state index in [-0.39, 0.29) is 29.2 Å². The monoisotopic (exact) mass is 271 g/mol. The number of rotatable bonds is 2. The Morgan fingerprint density at radius 2 is 0.769 bits per heavy atom. The molecule has 0 aromatic heterocycles. The van der Waals surface area contributed by atoms with Gasteiger partial charge >= 0.3 is 17.6 Å². The van der Waals surface area contributed by atoms with E-state index in [0.29, 0.717) is 0 Å². The fraction of sp³-hybridized carbons (Fsp3) is 1.00. The van der Waals surface area contributed by atoms with Crippen LogP contribution in [-0.4, -0.2) is 46.4 Å². The van der Waals surface area contributed by atoms with E-state index in [1.165, 1.54) is 13.8 Å². The molecule has 0 saturated heterocycles. The van der Waals surface area contributed by atoms with Crippen LogP contribution in [0.15, 0.2) is 0 Å². The fourth-order valence-corrected chi connectivity index (χ4v) is 0. The molecule has 0 amide bonds. The average Bonchev–Trinajstić information content (AvgIpc) is 1.86. The van der Waals surface area contributed by atoms with E-state index in [0.717, 1.165) is 0 Å². The van der Waals surface area contributed by atoms with Crippen LogP contribution in [0.4, 0.5) is 0 Å². The fourth-order valence-electron chi connectivity index (χ4n) is 0. The third-order valence-corrected chi connectivity index (χ3v) is 2.85. The molecular weight excluding hydrogens is 255 g/mol. The van der Waals surface area contributed by atoms with Crippen molar-refractivity contribution in [1.29, 1.82) is 0 Å². The van der Waals surface area contributed by atoms with Gasteiger partial charge in [0.05, 0.1) is 0 Å². The summed E-state index contributed by atoms with van der Waals surface area (Å²) in [4.78, 5) is 48.5. The Morgan fingerprint density at radius 3 is 0.769 bits per heavy atom. The van der Waals surface area contributed by atoms with E-state index in [9.17, 15) is 0 Å². The second kappa shape index (κ2) is 8.06. The van der Waals surface area contributed by atoms with E-state index >= 15 is 0 Å². The molecule has 0 aliphatic carbocycles. The Hall–Kier alpha value is 0.713. The molecule has 0 aliphatic rings. The van der Waals surface area contributed by atoms with Gasteiger partial charge in [-0.3, -0.25) is 0 Å². The largest absolute Gasteiger partial charge is 0.492 e. The molecule has 0 aliphatic heterocycles. The van der Waals surface area contributed by atoms with Crippen LogP contribution in [0.1, 0.15) is 13.8 Å². The number of hydrogen-bond acceptors (Lipinski definition) is 6. The summed E-state index contributed by atoms with van der Waals surface area (Å²) in [6, 6.07) is 0.153. The molecule has 0 atom stereocenters. The molecule has 0 fully saturated rings. The first kappa shape index (κ1) is 19.3. The first-order valence-electron chi connectivity index (χ1n) is 3.46. The van der Waals surface area contributed by atoms with Gasteiger partial charge in [-0.05, 0) is 0 Å². The van der Waals surface area contributed by atoms with Gasteiger partial charge in [-0.2, -0.15) is 0 Å². The Labute approximate surface area is 89.7 Å². The zero-order valence-electron chi connectivity index (χ0n) is 7.48. The maximum absolute atomic E-state index is 8.08. The van der Waals surface area contributed by atoms with Crippen LogP contribution in [0.2, 0.25) is 12.1 Å². The van der Waals surface area contributed by atoms with Crippen LogP contribution in [-0.2, 0) is 17.1 Å². The van der Waals surface area contributed by atoms with Crippen molar-refractivity contribution in [3.05, 3.63) is 0 Å². The average molecular weight is 271 g/mol. The Balaban J connectivity index is -0.000000143. The number of hydrogen-bond donors (Lipinski definition) is 6. The summed E-state index contributed by atoms with van der Waals surface area (Å²) in [5.41, 5.74) is 0. The summed E-state index contributed by atoms with van der Waals surface area (Å²) >= 11 is 0. The summed E-state index contributed by atoms with van der Waals surface area (Å²) in [7, 11) is -7.26. The second-order valence-corrected chi connectivity index (χ2v) is 6.77. The van der Waals surface area contributed by atoms with Gasteiger partial charge in [0.2, 0.25) is 0 Å². The quantitative estimate of drug-likeness (QED) is 0.318. The first-order chi connectivity index (χ1) is 5.12. The van der Waals surface area contributed by atoms with E-state index in [4.69, 9.17) is 28.8 Å². The second-order valence-electron chi connectivity index (χ2n) is 2.26. The van der Waals surface area contributed by atoms with Crippen LogP contribution >= 0.6 is 0 Å². The maximum Gasteiger partial charge on any atom is 0.492 e. The van der Waals surface area contributed by atoms with Crippen molar-refractivity contribution < 1.29 is 45.8 Å². The third-order valence-electron chi connectivity index (χ3n) is 0.949. The zero-order chi connectivity index (χ0) is 10.4. The topological polar surface area (TPSA) is 121 Å². The molecule has 0 bridgehead atoms.